The number of sulfonamides is 1. The SMILES string of the molecule is CN(C)S(=O)(=O)c1ccc(NC(=O)c2ccccc2S(C)(=O)=O)cc1. The molecule has 0 aliphatic heterocycles. The highest BCUT2D eigenvalue weighted by Crippen LogP contribution is 2.19. The minimum Gasteiger partial charge on any atom is -0.322 e. The zero-order chi connectivity index (χ0) is 18.8. The van der Waals surface area contributed by atoms with Crippen molar-refractivity contribution in [3.8, 4) is 0 Å². The van der Waals surface area contributed by atoms with Crippen molar-refractivity contribution >= 4 is 31.5 Å². The topological polar surface area (TPSA) is 101 Å². The van der Waals surface area contributed by atoms with Crippen LogP contribution in [0.25, 0.3) is 0 Å². The second kappa shape index (κ2) is 6.95. The number of nitrogens with one attached hydrogen (secondary N) is 1. The van der Waals surface area contributed by atoms with E-state index in [-0.39, 0.29) is 15.4 Å². The van der Waals surface area contributed by atoms with E-state index >= 15 is 0 Å². The predicted octanol–water partition coefficient (Wildman–Crippen LogP) is 1.59. The first-order chi connectivity index (χ1) is 11.5. The Hall–Kier alpha value is -2.23. The van der Waals surface area contributed by atoms with Gasteiger partial charge in [-0.1, -0.05) is 12.1 Å². The van der Waals surface area contributed by atoms with E-state index in [1.807, 2.05) is 0 Å². The summed E-state index contributed by atoms with van der Waals surface area (Å²) in [6, 6.07) is 11.5. The molecule has 0 unspecified atom stereocenters. The Bertz CT molecular complexity index is 995. The smallest absolute Gasteiger partial charge is 0.256 e. The van der Waals surface area contributed by atoms with Gasteiger partial charge in [0.1, 0.15) is 0 Å². The van der Waals surface area contributed by atoms with E-state index in [2.05, 4.69) is 5.32 Å². The average molecular weight is 382 g/mol. The fourth-order valence-electron chi connectivity index (χ4n) is 2.10. The van der Waals surface area contributed by atoms with Gasteiger partial charge in [0.15, 0.2) is 9.84 Å². The van der Waals surface area contributed by atoms with Crippen molar-refractivity contribution in [2.45, 2.75) is 9.79 Å². The van der Waals surface area contributed by atoms with E-state index in [4.69, 9.17) is 0 Å². The standard InChI is InChI=1S/C16H18N2O5S2/c1-18(2)25(22,23)13-10-8-12(9-11-13)17-16(19)14-6-4-5-7-15(14)24(3,20)21/h4-11H,1-3H3,(H,17,19). The third kappa shape index (κ3) is 4.25. The molecule has 2 aromatic carbocycles. The van der Waals surface area contributed by atoms with E-state index in [0.29, 0.717) is 5.69 Å². The fraction of sp³-hybridized carbons (Fsp3) is 0.188. The zero-order valence-electron chi connectivity index (χ0n) is 13.9. The second-order valence-corrected chi connectivity index (χ2v) is 9.67. The fourth-order valence-corrected chi connectivity index (χ4v) is 3.88. The van der Waals surface area contributed by atoms with Gasteiger partial charge in [-0.15, -0.1) is 0 Å². The number of nitrogens with zero attached hydrogens (tertiary/aromatic N) is 1. The lowest BCUT2D eigenvalue weighted by Gasteiger charge is -2.12. The molecule has 0 fully saturated rings. The molecule has 0 saturated heterocycles. The summed E-state index contributed by atoms with van der Waals surface area (Å²) in [7, 11) is -4.26. The molecule has 25 heavy (non-hydrogen) atoms. The maximum absolute atomic E-state index is 12.4. The van der Waals surface area contributed by atoms with Crippen LogP contribution in [0.4, 0.5) is 5.69 Å². The molecule has 0 spiro atoms. The van der Waals surface area contributed by atoms with Crippen LogP contribution in [0.5, 0.6) is 0 Å². The van der Waals surface area contributed by atoms with Gasteiger partial charge in [-0.3, -0.25) is 4.79 Å². The van der Waals surface area contributed by atoms with E-state index < -0.39 is 25.8 Å². The number of amides is 1. The molecule has 0 aromatic heterocycles. The lowest BCUT2D eigenvalue weighted by molar-refractivity contribution is 0.102. The Morgan fingerprint density at radius 2 is 1.48 bits per heavy atom. The first kappa shape index (κ1) is 19.1. The summed E-state index contributed by atoms with van der Waals surface area (Å²) in [6.45, 7) is 0. The van der Waals surface area contributed by atoms with E-state index in [0.717, 1.165) is 10.6 Å². The number of hydrogen-bond donors (Lipinski definition) is 1. The van der Waals surface area contributed by atoms with Gasteiger partial charge in [0, 0.05) is 26.0 Å². The second-order valence-electron chi connectivity index (χ2n) is 5.53. The van der Waals surface area contributed by atoms with Gasteiger partial charge in [-0.2, -0.15) is 0 Å². The number of anilines is 1. The molecular formula is C16H18N2O5S2. The van der Waals surface area contributed by atoms with Crippen molar-refractivity contribution < 1.29 is 21.6 Å². The summed E-state index contributed by atoms with van der Waals surface area (Å²) in [5, 5.41) is 2.57. The Balaban J connectivity index is 2.29. The van der Waals surface area contributed by atoms with Crippen molar-refractivity contribution in [1.29, 1.82) is 0 Å². The first-order valence-electron chi connectivity index (χ1n) is 7.16. The van der Waals surface area contributed by atoms with Crippen molar-refractivity contribution in [1.82, 2.24) is 4.31 Å². The molecule has 0 radical (unpaired) electrons. The van der Waals surface area contributed by atoms with Crippen LogP contribution >= 0.6 is 0 Å². The van der Waals surface area contributed by atoms with Crippen molar-refractivity contribution in [2.75, 3.05) is 25.7 Å². The van der Waals surface area contributed by atoms with Crippen LogP contribution in [-0.2, 0) is 19.9 Å². The molecule has 134 valence electrons. The molecule has 0 aliphatic carbocycles. The van der Waals surface area contributed by atoms with Gasteiger partial charge >= 0.3 is 0 Å². The normalized spacial score (nSPS) is 12.2. The lowest BCUT2D eigenvalue weighted by Crippen LogP contribution is -2.22. The molecule has 1 amide bonds. The number of hydrogen-bond acceptors (Lipinski definition) is 5. The third-order valence-corrected chi connectivity index (χ3v) is 6.41. The van der Waals surface area contributed by atoms with Gasteiger partial charge in [0.05, 0.1) is 15.4 Å². The molecular weight excluding hydrogens is 364 g/mol. The van der Waals surface area contributed by atoms with Gasteiger partial charge in [0.25, 0.3) is 5.91 Å². The summed E-state index contributed by atoms with van der Waals surface area (Å²) < 4.78 is 48.7. The molecule has 9 heteroatoms. The average Bonchev–Trinajstić information content (AvgIpc) is 2.54. The minimum absolute atomic E-state index is 0.0231. The number of carbonyl (C=O) groups excluding carboxylic acids is 1. The Labute approximate surface area is 147 Å². The monoisotopic (exact) mass is 382 g/mol. The molecule has 0 saturated carbocycles. The quantitative estimate of drug-likeness (QED) is 0.846. The van der Waals surface area contributed by atoms with Gasteiger partial charge < -0.3 is 5.32 Å². The summed E-state index contributed by atoms with van der Waals surface area (Å²) in [5.74, 6) is -0.593. The van der Waals surface area contributed by atoms with Crippen LogP contribution in [0.2, 0.25) is 0 Å². The van der Waals surface area contributed by atoms with Gasteiger partial charge in [-0.05, 0) is 36.4 Å². The summed E-state index contributed by atoms with van der Waals surface area (Å²) in [4.78, 5) is 12.4. The van der Waals surface area contributed by atoms with Crippen LogP contribution in [-0.4, -0.2) is 47.4 Å². The number of carbonyl (C=O) groups is 1. The lowest BCUT2D eigenvalue weighted by atomic mass is 10.2. The number of sulfone groups is 1. The molecule has 0 bridgehead atoms. The first-order valence-corrected chi connectivity index (χ1v) is 10.5. The molecule has 0 heterocycles. The van der Waals surface area contributed by atoms with Gasteiger partial charge in [-0.25, -0.2) is 21.1 Å². The molecule has 2 aromatic rings. The summed E-state index contributed by atoms with van der Waals surface area (Å²) >= 11 is 0. The molecule has 1 N–H and O–H groups in total. The Kier molecular flexibility index (Phi) is 5.31. The maximum atomic E-state index is 12.4. The number of benzene rings is 2. The van der Waals surface area contributed by atoms with Crippen LogP contribution in [0.1, 0.15) is 10.4 Å². The minimum atomic E-state index is -3.56. The zero-order valence-corrected chi connectivity index (χ0v) is 15.6. The Morgan fingerprint density at radius 3 is 2.00 bits per heavy atom. The molecule has 2 rings (SSSR count). The third-order valence-electron chi connectivity index (χ3n) is 3.42. The van der Waals surface area contributed by atoms with Crippen molar-refractivity contribution in [3.05, 3.63) is 54.1 Å². The Morgan fingerprint density at radius 1 is 0.920 bits per heavy atom. The van der Waals surface area contributed by atoms with Crippen LogP contribution in [0, 0.1) is 0 Å². The van der Waals surface area contributed by atoms with E-state index in [1.165, 1.54) is 56.6 Å². The molecule has 0 atom stereocenters. The van der Waals surface area contributed by atoms with Crippen LogP contribution in [0.3, 0.4) is 0 Å². The highest BCUT2D eigenvalue weighted by atomic mass is 32.2. The van der Waals surface area contributed by atoms with Crippen molar-refractivity contribution in [2.24, 2.45) is 0 Å². The van der Waals surface area contributed by atoms with E-state index in [1.54, 1.807) is 6.07 Å². The van der Waals surface area contributed by atoms with Crippen molar-refractivity contribution in [3.63, 3.8) is 0 Å². The molecule has 0 aliphatic rings. The van der Waals surface area contributed by atoms with Crippen LogP contribution < -0.4 is 5.32 Å². The van der Waals surface area contributed by atoms with E-state index in [9.17, 15) is 21.6 Å². The summed E-state index contributed by atoms with van der Waals surface area (Å²) in [5.41, 5.74) is 0.376. The highest BCUT2D eigenvalue weighted by Gasteiger charge is 2.19. The number of rotatable bonds is 5. The van der Waals surface area contributed by atoms with Crippen LogP contribution in [0.15, 0.2) is 58.3 Å². The predicted molar refractivity (Wildman–Crippen MR) is 94.8 cm³/mol. The maximum Gasteiger partial charge on any atom is 0.256 e. The largest absolute Gasteiger partial charge is 0.322 e. The molecule has 7 nitrogen and oxygen atoms in total. The summed E-state index contributed by atoms with van der Waals surface area (Å²) in [6.07, 6.45) is 1.03. The van der Waals surface area contributed by atoms with Gasteiger partial charge in [0.2, 0.25) is 10.0 Å². The highest BCUT2D eigenvalue weighted by molar-refractivity contribution is 7.90.